The smallest absolute Gasteiger partial charge is 0.408 e. The molecule has 2 amide bonds. The minimum absolute atomic E-state index is 0.0289. The number of benzene rings is 2. The van der Waals surface area contributed by atoms with E-state index in [0.29, 0.717) is 36.3 Å². The van der Waals surface area contributed by atoms with Crippen molar-refractivity contribution in [3.05, 3.63) is 69.5 Å². The van der Waals surface area contributed by atoms with E-state index >= 15 is 8.78 Å². The summed E-state index contributed by atoms with van der Waals surface area (Å²) < 4.78 is 43.0. The first kappa shape index (κ1) is 28.4. The van der Waals surface area contributed by atoms with Crippen LogP contribution in [0.15, 0.2) is 41.3 Å². The van der Waals surface area contributed by atoms with Crippen molar-refractivity contribution < 1.29 is 37.7 Å². The maximum absolute atomic E-state index is 15.3. The van der Waals surface area contributed by atoms with Crippen LogP contribution in [-0.2, 0) is 9.53 Å². The fraction of sp³-hybridized carbons (Fsp3) is 0.400. The zero-order valence-corrected chi connectivity index (χ0v) is 23.3. The van der Waals surface area contributed by atoms with Gasteiger partial charge in [0.1, 0.15) is 17.5 Å². The van der Waals surface area contributed by atoms with E-state index in [1.54, 1.807) is 16.7 Å². The van der Waals surface area contributed by atoms with Gasteiger partial charge < -0.3 is 34.7 Å². The van der Waals surface area contributed by atoms with Gasteiger partial charge in [-0.15, -0.1) is 0 Å². The zero-order chi connectivity index (χ0) is 30.4. The molecule has 2 saturated heterocycles. The molecule has 2 aromatic carbocycles. The van der Waals surface area contributed by atoms with Crippen molar-refractivity contribution in [2.24, 2.45) is 5.92 Å². The van der Waals surface area contributed by atoms with Gasteiger partial charge >= 0.3 is 12.1 Å². The molecule has 3 heterocycles. The first-order valence-electron chi connectivity index (χ1n) is 14.1. The number of cyclic esters (lactones) is 1. The number of carbonyl (C=O) groups excluding carboxylic acids is 2. The van der Waals surface area contributed by atoms with Gasteiger partial charge in [-0.2, -0.15) is 0 Å². The summed E-state index contributed by atoms with van der Waals surface area (Å²) in [5, 5.41) is 14.7. The van der Waals surface area contributed by atoms with Gasteiger partial charge in [-0.3, -0.25) is 9.59 Å². The lowest BCUT2D eigenvalue weighted by Gasteiger charge is -2.22. The van der Waals surface area contributed by atoms with Crippen molar-refractivity contribution in [3.8, 4) is 5.75 Å². The fourth-order valence-corrected chi connectivity index (χ4v) is 5.79. The van der Waals surface area contributed by atoms with E-state index in [0.717, 1.165) is 18.9 Å². The van der Waals surface area contributed by atoms with Crippen molar-refractivity contribution in [2.75, 3.05) is 31.1 Å². The van der Waals surface area contributed by atoms with E-state index in [9.17, 15) is 24.3 Å². The lowest BCUT2D eigenvalue weighted by Crippen LogP contribution is -2.34. The molecule has 13 heteroatoms. The van der Waals surface area contributed by atoms with Crippen LogP contribution in [0, 0.1) is 17.6 Å². The first-order valence-corrected chi connectivity index (χ1v) is 14.1. The molecule has 226 valence electrons. The summed E-state index contributed by atoms with van der Waals surface area (Å²) in [5.74, 6) is -2.85. The summed E-state index contributed by atoms with van der Waals surface area (Å²) in [6.07, 6.45) is 2.37. The Morgan fingerprint density at radius 3 is 2.63 bits per heavy atom. The molecule has 3 aromatic rings. The molecule has 1 saturated carbocycles. The molecule has 0 spiro atoms. The van der Waals surface area contributed by atoms with E-state index in [1.807, 2.05) is 4.90 Å². The highest BCUT2D eigenvalue weighted by Crippen LogP contribution is 2.39. The average Bonchev–Trinajstić information content (AvgIpc) is 3.58. The maximum Gasteiger partial charge on any atom is 0.408 e. The van der Waals surface area contributed by atoms with Crippen molar-refractivity contribution >= 4 is 34.6 Å². The Hall–Kier alpha value is -4.68. The Bertz CT molecular complexity index is 1690. The number of ether oxygens (including phenoxy) is 2. The van der Waals surface area contributed by atoms with E-state index < -0.39 is 41.3 Å². The number of nitrogens with one attached hydrogen (secondary N) is 2. The van der Waals surface area contributed by atoms with Crippen LogP contribution >= 0.6 is 0 Å². The Morgan fingerprint density at radius 2 is 1.93 bits per heavy atom. The summed E-state index contributed by atoms with van der Waals surface area (Å²) in [5.41, 5.74) is 0.189. The van der Waals surface area contributed by atoms with Crippen molar-refractivity contribution in [1.29, 1.82) is 0 Å². The van der Waals surface area contributed by atoms with E-state index in [1.165, 1.54) is 25.3 Å². The molecule has 1 aromatic heterocycles. The van der Waals surface area contributed by atoms with E-state index in [2.05, 4.69) is 10.6 Å². The second-order valence-corrected chi connectivity index (χ2v) is 11.2. The summed E-state index contributed by atoms with van der Waals surface area (Å²) >= 11 is 0. The quantitative estimate of drug-likeness (QED) is 0.341. The second kappa shape index (κ2) is 11.2. The van der Waals surface area contributed by atoms with Gasteiger partial charge in [0, 0.05) is 43.6 Å². The van der Waals surface area contributed by atoms with Crippen LogP contribution in [0.2, 0.25) is 0 Å². The maximum atomic E-state index is 15.3. The van der Waals surface area contributed by atoms with Crippen LogP contribution in [0.3, 0.4) is 0 Å². The second-order valence-electron chi connectivity index (χ2n) is 11.2. The summed E-state index contributed by atoms with van der Waals surface area (Å²) in [6, 6.07) is 6.52. The number of nitrogens with zero attached hydrogens (tertiary/aromatic N) is 2. The fourth-order valence-electron chi connectivity index (χ4n) is 5.79. The number of rotatable bonds is 9. The van der Waals surface area contributed by atoms with Gasteiger partial charge in [0.15, 0.2) is 11.6 Å². The van der Waals surface area contributed by atoms with Crippen molar-refractivity contribution in [3.63, 3.8) is 0 Å². The largest absolute Gasteiger partial charge is 0.490 e. The monoisotopic (exact) mass is 596 g/mol. The number of alkyl carbamates (subject to hydrolysis) is 1. The molecule has 3 fully saturated rings. The number of carboxylic acids is 1. The molecule has 3 N–H and O–H groups in total. The van der Waals surface area contributed by atoms with Crippen molar-refractivity contribution in [2.45, 2.75) is 44.4 Å². The molecule has 6 rings (SSSR count). The van der Waals surface area contributed by atoms with Crippen molar-refractivity contribution in [1.82, 2.24) is 15.2 Å². The van der Waals surface area contributed by atoms with Crippen LogP contribution in [-0.4, -0.2) is 60.0 Å². The summed E-state index contributed by atoms with van der Waals surface area (Å²) in [7, 11) is 0. The highest BCUT2D eigenvalue weighted by atomic mass is 19.1. The highest BCUT2D eigenvalue weighted by molar-refractivity contribution is 5.93. The predicted molar refractivity (Wildman–Crippen MR) is 150 cm³/mol. The minimum atomic E-state index is -1.34. The third kappa shape index (κ3) is 5.71. The van der Waals surface area contributed by atoms with Crippen LogP contribution in [0.1, 0.15) is 54.2 Å². The number of aromatic nitrogens is 1. The van der Waals surface area contributed by atoms with Gasteiger partial charge in [0.25, 0.3) is 0 Å². The number of carboxylic acid groups (broad SMARTS) is 1. The summed E-state index contributed by atoms with van der Waals surface area (Å²) in [4.78, 5) is 49.3. The Balaban J connectivity index is 1.14. The topological polar surface area (TPSA) is 139 Å². The van der Waals surface area contributed by atoms with Crippen LogP contribution < -0.4 is 25.7 Å². The molecule has 1 aliphatic carbocycles. The van der Waals surface area contributed by atoms with Gasteiger partial charge in [0.05, 0.1) is 30.4 Å². The first-order chi connectivity index (χ1) is 20.6. The number of hydrogen-bond acceptors (Lipinski definition) is 7. The third-order valence-corrected chi connectivity index (χ3v) is 8.14. The Labute approximate surface area is 244 Å². The SMILES string of the molecule is CC(=O)NC[C@@H]1OC(=O)NC1c1ccc(OC[C@@H]2CCN(c3cc4c(cc3F)c(=O)c(C(=O)O)cn4C3CC3)C2)c(F)c1. The molecule has 3 aliphatic rings. The number of anilines is 1. The van der Waals surface area contributed by atoms with Crippen LogP contribution in [0.4, 0.5) is 19.3 Å². The van der Waals surface area contributed by atoms with Gasteiger partial charge in [-0.05, 0) is 49.1 Å². The third-order valence-electron chi connectivity index (χ3n) is 8.14. The number of hydrogen-bond donors (Lipinski definition) is 3. The Kier molecular flexibility index (Phi) is 7.40. The average molecular weight is 597 g/mol. The standard InChI is InChI=1S/C30H30F2N4O7/c1-15(37)33-11-26-27(34-30(41)43-26)17-2-5-25(22(32)8-17)42-14-16-6-7-35(12-16)24-10-23-19(9-21(24)31)28(38)20(29(39)40)13-36(23)18-3-4-18/h2,5,8-10,13,16,18,26-27H,3-4,6-7,11-12,14H2,1H3,(H,33,37)(H,34,41)(H,39,40)/t16-,26+,27?/m1/s1. The Morgan fingerprint density at radius 1 is 1.14 bits per heavy atom. The van der Waals surface area contributed by atoms with Gasteiger partial charge in [0.2, 0.25) is 11.3 Å². The number of fused-ring (bicyclic) bond motifs is 1. The van der Waals surface area contributed by atoms with Crippen LogP contribution in [0.25, 0.3) is 10.9 Å². The molecule has 0 bridgehead atoms. The molecule has 43 heavy (non-hydrogen) atoms. The molecule has 3 atom stereocenters. The molecular weight excluding hydrogens is 566 g/mol. The molecule has 1 unspecified atom stereocenters. The number of amides is 2. The lowest BCUT2D eigenvalue weighted by molar-refractivity contribution is -0.119. The van der Waals surface area contributed by atoms with Gasteiger partial charge in [-0.1, -0.05) is 6.07 Å². The molecular formula is C30H30F2N4O7. The van der Waals surface area contributed by atoms with Gasteiger partial charge in [-0.25, -0.2) is 18.4 Å². The van der Waals surface area contributed by atoms with E-state index in [4.69, 9.17) is 9.47 Å². The number of halogens is 2. The number of carbonyl (C=O) groups is 3. The zero-order valence-electron chi connectivity index (χ0n) is 23.3. The lowest BCUT2D eigenvalue weighted by atomic mass is 10.0. The molecule has 2 aliphatic heterocycles. The van der Waals surface area contributed by atoms with Crippen LogP contribution in [0.5, 0.6) is 5.75 Å². The molecule has 0 radical (unpaired) electrons. The number of aromatic carboxylic acids is 1. The normalized spacial score (nSPS) is 21.5. The predicted octanol–water partition coefficient (Wildman–Crippen LogP) is 3.50. The molecule has 11 nitrogen and oxygen atoms in total. The highest BCUT2D eigenvalue weighted by Gasteiger charge is 2.36. The summed E-state index contributed by atoms with van der Waals surface area (Å²) in [6.45, 7) is 2.58. The number of pyridine rings is 1. The van der Waals surface area contributed by atoms with E-state index in [-0.39, 0.29) is 47.7 Å². The minimum Gasteiger partial charge on any atom is -0.490 e.